The molecule has 1 aromatic heterocycles. The van der Waals surface area contributed by atoms with E-state index in [1.165, 1.54) is 0 Å². The van der Waals surface area contributed by atoms with Crippen molar-refractivity contribution >= 4 is 6.08 Å². The van der Waals surface area contributed by atoms with E-state index in [0.29, 0.717) is 25.6 Å². The lowest BCUT2D eigenvalue weighted by atomic mass is 10.2. The maximum atomic E-state index is 5.59. The van der Waals surface area contributed by atoms with Gasteiger partial charge >= 0.3 is 0 Å². The zero-order chi connectivity index (χ0) is 10.7. The number of aromatic nitrogens is 2. The van der Waals surface area contributed by atoms with Gasteiger partial charge < -0.3 is 9.47 Å². The highest BCUT2D eigenvalue weighted by atomic mass is 16.6. The molecule has 0 N–H and O–H groups in total. The van der Waals surface area contributed by atoms with Crippen molar-refractivity contribution in [2.45, 2.75) is 19.6 Å². The first-order chi connectivity index (χ1) is 7.29. The summed E-state index contributed by atoms with van der Waals surface area (Å²) in [6.45, 7) is 7.53. The number of rotatable bonds is 4. The van der Waals surface area contributed by atoms with Gasteiger partial charge in [0, 0.05) is 17.5 Å². The van der Waals surface area contributed by atoms with E-state index < -0.39 is 0 Å². The summed E-state index contributed by atoms with van der Waals surface area (Å²) in [6, 6.07) is 0. The average Bonchev–Trinajstić information content (AvgIpc) is 2.18. The number of hydrogen-bond acceptors (Lipinski definition) is 4. The third-order valence-corrected chi connectivity index (χ3v) is 2.36. The molecule has 2 rings (SSSR count). The Bertz CT molecular complexity index is 362. The standard InChI is InChI=1S/C11H14N2O2/c1-3-11-12-4-9(8(2)13-11)5-15-10-6-14-7-10/h3-4,10H,1,5-7H2,2H3. The highest BCUT2D eigenvalue weighted by Crippen LogP contribution is 2.11. The molecule has 0 unspecified atom stereocenters. The summed E-state index contributed by atoms with van der Waals surface area (Å²) in [5.41, 5.74) is 1.97. The second-order valence-corrected chi connectivity index (χ2v) is 3.51. The smallest absolute Gasteiger partial charge is 0.151 e. The predicted octanol–water partition coefficient (Wildman–Crippen LogP) is 1.34. The number of hydrogen-bond donors (Lipinski definition) is 0. The van der Waals surface area contributed by atoms with Crippen LogP contribution in [0.1, 0.15) is 17.1 Å². The Balaban J connectivity index is 1.97. The molecular weight excluding hydrogens is 192 g/mol. The van der Waals surface area contributed by atoms with Gasteiger partial charge in [-0.1, -0.05) is 6.58 Å². The van der Waals surface area contributed by atoms with Gasteiger partial charge in [-0.05, 0) is 13.0 Å². The molecule has 4 heteroatoms. The average molecular weight is 206 g/mol. The van der Waals surface area contributed by atoms with Crippen molar-refractivity contribution in [1.82, 2.24) is 9.97 Å². The Morgan fingerprint density at radius 3 is 3.00 bits per heavy atom. The fourth-order valence-electron chi connectivity index (χ4n) is 1.27. The Morgan fingerprint density at radius 2 is 2.47 bits per heavy atom. The third-order valence-electron chi connectivity index (χ3n) is 2.36. The quantitative estimate of drug-likeness (QED) is 0.745. The Labute approximate surface area is 89.0 Å². The molecule has 15 heavy (non-hydrogen) atoms. The fourth-order valence-corrected chi connectivity index (χ4v) is 1.27. The van der Waals surface area contributed by atoms with Crippen LogP contribution in [0.2, 0.25) is 0 Å². The number of nitrogens with zero attached hydrogens (tertiary/aromatic N) is 2. The van der Waals surface area contributed by atoms with Crippen molar-refractivity contribution in [2.75, 3.05) is 13.2 Å². The molecule has 2 heterocycles. The van der Waals surface area contributed by atoms with E-state index in [1.807, 2.05) is 6.92 Å². The predicted molar refractivity (Wildman–Crippen MR) is 56.3 cm³/mol. The lowest BCUT2D eigenvalue weighted by molar-refractivity contribution is -0.135. The van der Waals surface area contributed by atoms with Gasteiger partial charge in [-0.25, -0.2) is 9.97 Å². The highest BCUT2D eigenvalue weighted by Gasteiger charge is 2.19. The molecule has 0 bridgehead atoms. The van der Waals surface area contributed by atoms with Gasteiger partial charge in [0.15, 0.2) is 5.82 Å². The van der Waals surface area contributed by atoms with Crippen molar-refractivity contribution in [3.63, 3.8) is 0 Å². The van der Waals surface area contributed by atoms with Crippen LogP contribution in [0.3, 0.4) is 0 Å². The van der Waals surface area contributed by atoms with E-state index in [2.05, 4.69) is 16.5 Å². The fraction of sp³-hybridized carbons (Fsp3) is 0.455. The van der Waals surface area contributed by atoms with Gasteiger partial charge in [0.05, 0.1) is 19.8 Å². The van der Waals surface area contributed by atoms with Crippen LogP contribution in [0.15, 0.2) is 12.8 Å². The summed E-state index contributed by atoms with van der Waals surface area (Å²) in [7, 11) is 0. The van der Waals surface area contributed by atoms with Crippen molar-refractivity contribution in [3.8, 4) is 0 Å². The van der Waals surface area contributed by atoms with Gasteiger partial charge in [-0.2, -0.15) is 0 Å². The van der Waals surface area contributed by atoms with E-state index in [-0.39, 0.29) is 6.10 Å². The topological polar surface area (TPSA) is 44.2 Å². The lowest BCUT2D eigenvalue weighted by Gasteiger charge is -2.26. The van der Waals surface area contributed by atoms with E-state index in [1.54, 1.807) is 12.3 Å². The Morgan fingerprint density at radius 1 is 1.67 bits per heavy atom. The zero-order valence-electron chi connectivity index (χ0n) is 8.77. The first-order valence-electron chi connectivity index (χ1n) is 4.94. The number of aryl methyl sites for hydroxylation is 1. The Hall–Kier alpha value is -1.26. The summed E-state index contributed by atoms with van der Waals surface area (Å²) < 4.78 is 10.6. The van der Waals surface area contributed by atoms with Gasteiger partial charge in [-0.3, -0.25) is 0 Å². The second-order valence-electron chi connectivity index (χ2n) is 3.51. The van der Waals surface area contributed by atoms with Crippen molar-refractivity contribution in [2.24, 2.45) is 0 Å². The van der Waals surface area contributed by atoms with Crippen LogP contribution in [-0.2, 0) is 16.1 Å². The summed E-state index contributed by atoms with van der Waals surface area (Å²) in [5.74, 6) is 0.656. The van der Waals surface area contributed by atoms with E-state index in [0.717, 1.165) is 11.3 Å². The van der Waals surface area contributed by atoms with Crippen LogP contribution >= 0.6 is 0 Å². The third kappa shape index (κ3) is 2.40. The minimum absolute atomic E-state index is 0.239. The van der Waals surface area contributed by atoms with E-state index >= 15 is 0 Å². The number of ether oxygens (including phenoxy) is 2. The molecule has 1 fully saturated rings. The highest BCUT2D eigenvalue weighted by molar-refractivity contribution is 5.36. The van der Waals surface area contributed by atoms with Crippen LogP contribution in [0.5, 0.6) is 0 Å². The molecule has 1 aromatic rings. The normalized spacial score (nSPS) is 16.1. The van der Waals surface area contributed by atoms with Crippen LogP contribution in [0.25, 0.3) is 6.08 Å². The first-order valence-corrected chi connectivity index (χ1v) is 4.94. The SMILES string of the molecule is C=Cc1ncc(COC2COC2)c(C)n1. The molecule has 4 nitrogen and oxygen atoms in total. The van der Waals surface area contributed by atoms with Crippen molar-refractivity contribution in [1.29, 1.82) is 0 Å². The molecule has 0 aliphatic carbocycles. The maximum absolute atomic E-state index is 5.59. The molecule has 0 atom stereocenters. The van der Waals surface area contributed by atoms with Gasteiger partial charge in [0.1, 0.15) is 6.10 Å². The van der Waals surface area contributed by atoms with Crippen LogP contribution in [-0.4, -0.2) is 29.3 Å². The second kappa shape index (κ2) is 4.51. The molecule has 80 valence electrons. The van der Waals surface area contributed by atoms with Gasteiger partial charge in [0.2, 0.25) is 0 Å². The molecule has 1 aliphatic heterocycles. The summed E-state index contributed by atoms with van der Waals surface area (Å²) in [4.78, 5) is 8.41. The van der Waals surface area contributed by atoms with Crippen LogP contribution < -0.4 is 0 Å². The first kappa shape index (κ1) is 10.3. The largest absolute Gasteiger partial charge is 0.376 e. The summed E-state index contributed by atoms with van der Waals surface area (Å²) in [5, 5.41) is 0. The zero-order valence-corrected chi connectivity index (χ0v) is 8.77. The molecule has 1 aliphatic rings. The maximum Gasteiger partial charge on any atom is 0.151 e. The van der Waals surface area contributed by atoms with E-state index in [4.69, 9.17) is 9.47 Å². The molecule has 0 spiro atoms. The molecular formula is C11H14N2O2. The molecule has 0 saturated carbocycles. The summed E-state index contributed by atoms with van der Waals surface area (Å²) >= 11 is 0. The van der Waals surface area contributed by atoms with Crippen molar-refractivity contribution < 1.29 is 9.47 Å². The van der Waals surface area contributed by atoms with Gasteiger partial charge in [0.25, 0.3) is 0 Å². The molecule has 0 amide bonds. The molecule has 0 radical (unpaired) electrons. The molecule has 1 saturated heterocycles. The summed E-state index contributed by atoms with van der Waals surface area (Å²) in [6.07, 6.45) is 3.67. The minimum Gasteiger partial charge on any atom is -0.376 e. The monoisotopic (exact) mass is 206 g/mol. The lowest BCUT2D eigenvalue weighted by Crippen LogP contribution is -2.35. The van der Waals surface area contributed by atoms with E-state index in [9.17, 15) is 0 Å². The Kier molecular flexibility index (Phi) is 3.08. The molecule has 0 aromatic carbocycles. The van der Waals surface area contributed by atoms with Crippen LogP contribution in [0.4, 0.5) is 0 Å². The minimum atomic E-state index is 0.239. The van der Waals surface area contributed by atoms with Gasteiger partial charge in [-0.15, -0.1) is 0 Å². The van der Waals surface area contributed by atoms with Crippen molar-refractivity contribution in [3.05, 3.63) is 29.9 Å². The van der Waals surface area contributed by atoms with Crippen LogP contribution in [0, 0.1) is 6.92 Å².